The molecule has 1 radical (unpaired) electrons. The van der Waals surface area contributed by atoms with Crippen molar-refractivity contribution in [2.75, 3.05) is 0 Å². The van der Waals surface area contributed by atoms with E-state index in [1.165, 1.54) is 44.9 Å². The summed E-state index contributed by atoms with van der Waals surface area (Å²) in [5, 5.41) is 10.1. The van der Waals surface area contributed by atoms with Crippen LogP contribution in [0.4, 0.5) is 0 Å². The van der Waals surface area contributed by atoms with Crippen LogP contribution in [0, 0.1) is 0 Å². The zero-order valence-electron chi connectivity index (χ0n) is 9.72. The molecule has 0 aromatic carbocycles. The van der Waals surface area contributed by atoms with Crippen LogP contribution in [-0.4, -0.2) is 5.97 Å². The molecule has 0 unspecified atom stereocenters. The van der Waals surface area contributed by atoms with Gasteiger partial charge in [0.05, 0.1) is 0 Å². The number of carbonyl (C=O) groups is 1. The molecule has 0 heterocycles. The molecule has 0 aromatic rings. The SMILES string of the molecule is CCCCCCCCCCCC(=O)[O-].[Co+2]. The van der Waals surface area contributed by atoms with Crippen LogP contribution in [0.1, 0.15) is 71.1 Å². The van der Waals surface area contributed by atoms with Crippen molar-refractivity contribution in [3.8, 4) is 0 Å². The Morgan fingerprint density at radius 3 is 1.67 bits per heavy atom. The summed E-state index contributed by atoms with van der Waals surface area (Å²) >= 11 is 0. The normalized spacial score (nSPS) is 9.67. The summed E-state index contributed by atoms with van der Waals surface area (Å²) in [5.41, 5.74) is 0. The zero-order valence-corrected chi connectivity index (χ0v) is 10.8. The average molecular weight is 258 g/mol. The molecule has 91 valence electrons. The van der Waals surface area contributed by atoms with E-state index >= 15 is 0 Å². The summed E-state index contributed by atoms with van der Waals surface area (Å²) in [5.74, 6) is -0.909. The van der Waals surface area contributed by atoms with Crippen molar-refractivity contribution in [1.29, 1.82) is 0 Å². The minimum atomic E-state index is -0.909. The number of unbranched alkanes of at least 4 members (excludes halogenated alkanes) is 8. The molecule has 0 rings (SSSR count). The van der Waals surface area contributed by atoms with Crippen molar-refractivity contribution < 1.29 is 26.7 Å². The van der Waals surface area contributed by atoms with Gasteiger partial charge in [0.2, 0.25) is 0 Å². The molecule has 0 saturated heterocycles. The Morgan fingerprint density at radius 2 is 1.27 bits per heavy atom. The van der Waals surface area contributed by atoms with Gasteiger partial charge in [0.15, 0.2) is 0 Å². The Bertz CT molecular complexity index is 138. The first kappa shape index (κ1) is 17.4. The maximum absolute atomic E-state index is 10.1. The van der Waals surface area contributed by atoms with E-state index in [0.29, 0.717) is 0 Å². The molecule has 0 N–H and O–H groups in total. The van der Waals surface area contributed by atoms with Gasteiger partial charge in [0.25, 0.3) is 0 Å². The van der Waals surface area contributed by atoms with Gasteiger partial charge in [-0.3, -0.25) is 0 Å². The van der Waals surface area contributed by atoms with Gasteiger partial charge in [-0.25, -0.2) is 0 Å². The third-order valence-electron chi connectivity index (χ3n) is 2.48. The van der Waals surface area contributed by atoms with E-state index in [9.17, 15) is 9.90 Å². The fraction of sp³-hybridized carbons (Fsp3) is 0.917. The fourth-order valence-electron chi connectivity index (χ4n) is 1.58. The zero-order chi connectivity index (χ0) is 10.6. The maximum Gasteiger partial charge on any atom is 2.00 e. The Labute approximate surface area is 104 Å². The Morgan fingerprint density at radius 1 is 0.867 bits per heavy atom. The molecule has 0 amide bonds. The number of carbonyl (C=O) groups excluding carboxylic acids is 1. The van der Waals surface area contributed by atoms with Crippen LogP contribution in [0.15, 0.2) is 0 Å². The molecule has 0 fully saturated rings. The smallest absolute Gasteiger partial charge is 0.550 e. The van der Waals surface area contributed by atoms with Crippen molar-refractivity contribution in [2.24, 2.45) is 0 Å². The van der Waals surface area contributed by atoms with E-state index in [1.807, 2.05) is 0 Å². The fourth-order valence-corrected chi connectivity index (χ4v) is 1.58. The van der Waals surface area contributed by atoms with E-state index in [1.54, 1.807) is 0 Å². The van der Waals surface area contributed by atoms with Gasteiger partial charge < -0.3 is 9.90 Å². The standard InChI is InChI=1S/C12H24O2.Co/c1-2-3-4-5-6-7-8-9-10-11-12(13)14;/h2-11H2,1H3,(H,13,14);/q;+2/p-1. The Balaban J connectivity index is 0. The number of hydrogen-bond acceptors (Lipinski definition) is 2. The van der Waals surface area contributed by atoms with Crippen LogP contribution >= 0.6 is 0 Å². The maximum atomic E-state index is 10.1. The van der Waals surface area contributed by atoms with Gasteiger partial charge in [-0.05, 0) is 12.8 Å². The van der Waals surface area contributed by atoms with Crippen LogP contribution in [0.5, 0.6) is 0 Å². The third kappa shape index (κ3) is 16.6. The average Bonchev–Trinajstić information content (AvgIpc) is 2.15. The monoisotopic (exact) mass is 258 g/mol. The molecule has 3 heteroatoms. The molecule has 0 saturated carbocycles. The molecule has 0 aliphatic rings. The second-order valence-electron chi connectivity index (χ2n) is 3.95. The molecule has 0 bridgehead atoms. The van der Waals surface area contributed by atoms with Gasteiger partial charge in [-0.2, -0.15) is 0 Å². The topological polar surface area (TPSA) is 40.1 Å². The van der Waals surface area contributed by atoms with Crippen molar-refractivity contribution in [3.63, 3.8) is 0 Å². The van der Waals surface area contributed by atoms with Gasteiger partial charge in [0.1, 0.15) is 0 Å². The van der Waals surface area contributed by atoms with Gasteiger partial charge >= 0.3 is 16.8 Å². The number of hydrogen-bond donors (Lipinski definition) is 0. The second kappa shape index (κ2) is 14.0. The van der Waals surface area contributed by atoms with Crippen LogP contribution in [0.25, 0.3) is 0 Å². The largest absolute Gasteiger partial charge is 2.00 e. The van der Waals surface area contributed by atoms with Crippen molar-refractivity contribution in [2.45, 2.75) is 71.1 Å². The van der Waals surface area contributed by atoms with Crippen LogP contribution in [-0.2, 0) is 21.6 Å². The number of rotatable bonds is 10. The Kier molecular flexibility index (Phi) is 16.2. The molecule has 0 spiro atoms. The van der Waals surface area contributed by atoms with Crippen LogP contribution in [0.2, 0.25) is 0 Å². The van der Waals surface area contributed by atoms with Crippen molar-refractivity contribution in [1.82, 2.24) is 0 Å². The summed E-state index contributed by atoms with van der Waals surface area (Å²) in [6.07, 6.45) is 11.2. The van der Waals surface area contributed by atoms with E-state index < -0.39 is 5.97 Å². The quantitative estimate of drug-likeness (QED) is 0.565. The molecule has 0 aliphatic heterocycles. The summed E-state index contributed by atoms with van der Waals surface area (Å²) in [6.45, 7) is 2.22. The first-order chi connectivity index (χ1) is 6.77. The first-order valence-electron chi connectivity index (χ1n) is 5.97. The molecule has 15 heavy (non-hydrogen) atoms. The van der Waals surface area contributed by atoms with Gasteiger partial charge in [0, 0.05) is 5.97 Å². The predicted molar refractivity (Wildman–Crippen MR) is 56.9 cm³/mol. The van der Waals surface area contributed by atoms with Gasteiger partial charge in [-0.1, -0.05) is 58.3 Å². The summed E-state index contributed by atoms with van der Waals surface area (Å²) in [7, 11) is 0. The summed E-state index contributed by atoms with van der Waals surface area (Å²) in [4.78, 5) is 10.1. The van der Waals surface area contributed by atoms with Crippen molar-refractivity contribution in [3.05, 3.63) is 0 Å². The third-order valence-corrected chi connectivity index (χ3v) is 2.48. The molecule has 2 nitrogen and oxygen atoms in total. The summed E-state index contributed by atoms with van der Waals surface area (Å²) in [6, 6.07) is 0. The molecular weight excluding hydrogens is 235 g/mol. The second-order valence-corrected chi connectivity index (χ2v) is 3.95. The number of carboxylic acids is 1. The van der Waals surface area contributed by atoms with E-state index in [0.717, 1.165) is 12.8 Å². The molecule has 0 atom stereocenters. The van der Waals surface area contributed by atoms with E-state index in [4.69, 9.17) is 0 Å². The molecular formula is C12H23CoO2+. The minimum Gasteiger partial charge on any atom is -0.550 e. The molecule has 0 aliphatic carbocycles. The Hall–Kier alpha value is -0.0235. The van der Waals surface area contributed by atoms with Crippen LogP contribution in [0.3, 0.4) is 0 Å². The minimum absolute atomic E-state index is 0. The number of carboxylic acid groups (broad SMARTS) is 1. The van der Waals surface area contributed by atoms with E-state index in [2.05, 4.69) is 6.92 Å². The summed E-state index contributed by atoms with van der Waals surface area (Å²) < 4.78 is 0. The first-order valence-corrected chi connectivity index (χ1v) is 5.97. The van der Waals surface area contributed by atoms with E-state index in [-0.39, 0.29) is 23.2 Å². The number of aliphatic carboxylic acids is 1. The molecule has 0 aromatic heterocycles. The van der Waals surface area contributed by atoms with Crippen molar-refractivity contribution >= 4 is 5.97 Å². The van der Waals surface area contributed by atoms with Gasteiger partial charge in [-0.15, -0.1) is 0 Å². The predicted octanol–water partition coefficient (Wildman–Crippen LogP) is 2.65. The van der Waals surface area contributed by atoms with Crippen LogP contribution < -0.4 is 5.11 Å².